The molecule has 26 heavy (non-hydrogen) atoms. The molecule has 0 radical (unpaired) electrons. The first kappa shape index (κ1) is 20.6. The molecule has 138 valence electrons. The maximum atomic E-state index is 12.0. The highest BCUT2D eigenvalue weighted by Gasteiger charge is 2.09. The molecule has 0 aliphatic rings. The van der Waals surface area contributed by atoms with Crippen molar-refractivity contribution in [2.75, 3.05) is 19.7 Å². The lowest BCUT2D eigenvalue weighted by Crippen LogP contribution is -2.36. The number of nitrogens with one attached hydrogen (secondary N) is 2. The molecule has 0 aromatic heterocycles. The lowest BCUT2D eigenvalue weighted by Gasteiger charge is -2.10. The molecule has 5 nitrogen and oxygen atoms in total. The predicted octanol–water partition coefficient (Wildman–Crippen LogP) is 4.23. The minimum Gasteiger partial charge on any atom is -0.482 e. The maximum absolute atomic E-state index is 12.0. The Balaban J connectivity index is 1.69. The van der Waals surface area contributed by atoms with Crippen molar-refractivity contribution in [3.05, 3.63) is 62.1 Å². The quantitative estimate of drug-likeness (QED) is 0.639. The summed E-state index contributed by atoms with van der Waals surface area (Å²) in [6, 6.07) is 9.29. The zero-order valence-corrected chi connectivity index (χ0v) is 16.3. The molecule has 0 bridgehead atoms. The zero-order valence-electron chi connectivity index (χ0n) is 13.3. The van der Waals surface area contributed by atoms with Gasteiger partial charge in [0, 0.05) is 23.7 Å². The smallest absolute Gasteiger partial charge is 0.258 e. The van der Waals surface area contributed by atoms with Crippen LogP contribution in [0, 0.1) is 0 Å². The molecule has 0 unspecified atom stereocenters. The zero-order chi connectivity index (χ0) is 19.1. The monoisotopic (exact) mass is 434 g/mol. The average Bonchev–Trinajstić information content (AvgIpc) is 2.60. The van der Waals surface area contributed by atoms with E-state index in [2.05, 4.69) is 10.6 Å². The van der Waals surface area contributed by atoms with E-state index in [0.29, 0.717) is 31.4 Å². The van der Waals surface area contributed by atoms with E-state index in [9.17, 15) is 9.59 Å². The third-order valence-electron chi connectivity index (χ3n) is 3.17. The second-order valence-corrected chi connectivity index (χ2v) is 6.76. The number of hydrogen-bond acceptors (Lipinski definition) is 3. The first-order chi connectivity index (χ1) is 12.4. The summed E-state index contributed by atoms with van der Waals surface area (Å²) in [5.74, 6) is -0.305. The van der Waals surface area contributed by atoms with Gasteiger partial charge >= 0.3 is 0 Å². The second-order valence-electron chi connectivity index (χ2n) is 5.10. The number of carbonyl (C=O) groups is 2. The summed E-state index contributed by atoms with van der Waals surface area (Å²) in [6.07, 6.45) is 0. The average molecular weight is 436 g/mol. The molecule has 0 atom stereocenters. The summed E-state index contributed by atoms with van der Waals surface area (Å²) in [4.78, 5) is 23.7. The third-order valence-corrected chi connectivity index (χ3v) is 4.44. The molecular weight excluding hydrogens is 422 g/mol. The van der Waals surface area contributed by atoms with Gasteiger partial charge in [-0.15, -0.1) is 0 Å². The Labute approximate surface area is 170 Å². The van der Waals surface area contributed by atoms with Crippen molar-refractivity contribution < 1.29 is 14.3 Å². The highest BCUT2D eigenvalue weighted by atomic mass is 35.5. The van der Waals surface area contributed by atoms with Crippen LogP contribution in [-0.2, 0) is 4.79 Å². The molecule has 9 heteroatoms. The van der Waals surface area contributed by atoms with E-state index < -0.39 is 0 Å². The minimum atomic E-state index is -0.347. The number of carbonyl (C=O) groups excluding carboxylic acids is 2. The summed E-state index contributed by atoms with van der Waals surface area (Å²) in [5, 5.41) is 6.74. The fraction of sp³-hybridized carbons (Fsp3) is 0.176. The van der Waals surface area contributed by atoms with Crippen molar-refractivity contribution in [2.24, 2.45) is 0 Å². The Bertz CT molecular complexity index is 815. The molecule has 0 aliphatic carbocycles. The molecule has 0 saturated carbocycles. The van der Waals surface area contributed by atoms with Crippen LogP contribution in [0.4, 0.5) is 0 Å². The van der Waals surface area contributed by atoms with Crippen LogP contribution in [0.1, 0.15) is 10.4 Å². The Morgan fingerprint density at radius 2 is 1.58 bits per heavy atom. The van der Waals surface area contributed by atoms with E-state index in [1.54, 1.807) is 24.3 Å². The lowest BCUT2D eigenvalue weighted by molar-refractivity contribution is -0.123. The minimum absolute atomic E-state index is 0.206. The molecule has 2 amide bonds. The number of hydrogen-bond donors (Lipinski definition) is 2. The summed E-state index contributed by atoms with van der Waals surface area (Å²) in [6.45, 7) is 0.276. The number of rotatable bonds is 7. The summed E-state index contributed by atoms with van der Waals surface area (Å²) < 4.78 is 5.31. The molecule has 0 saturated heterocycles. The normalized spacial score (nSPS) is 10.3. The van der Waals surface area contributed by atoms with Gasteiger partial charge in [-0.25, -0.2) is 0 Å². The second kappa shape index (κ2) is 9.88. The van der Waals surface area contributed by atoms with Crippen LogP contribution in [0.3, 0.4) is 0 Å². The molecule has 2 rings (SSSR count). The van der Waals surface area contributed by atoms with E-state index in [4.69, 9.17) is 51.1 Å². The molecule has 0 aliphatic heterocycles. The standard InChI is InChI=1S/C17H14Cl4N2O3/c18-11-2-4-15(14(21)8-11)26-9-16(24)22-5-6-23-17(25)10-1-3-12(19)13(20)7-10/h1-4,7-8H,5-6,9H2,(H,22,24)(H,23,25). The molecule has 2 aromatic rings. The molecule has 0 spiro atoms. The van der Waals surface area contributed by atoms with Gasteiger partial charge in [-0.1, -0.05) is 46.4 Å². The summed E-state index contributed by atoms with van der Waals surface area (Å²) >= 11 is 23.4. The van der Waals surface area contributed by atoms with E-state index in [1.807, 2.05) is 0 Å². The van der Waals surface area contributed by atoms with Gasteiger partial charge in [0.2, 0.25) is 0 Å². The third kappa shape index (κ3) is 6.25. The Hall–Kier alpha value is -1.66. The van der Waals surface area contributed by atoms with Crippen LogP contribution in [0.2, 0.25) is 20.1 Å². The largest absolute Gasteiger partial charge is 0.482 e. The first-order valence-electron chi connectivity index (χ1n) is 7.44. The van der Waals surface area contributed by atoms with Gasteiger partial charge in [-0.05, 0) is 36.4 Å². The van der Waals surface area contributed by atoms with Crippen LogP contribution in [-0.4, -0.2) is 31.5 Å². The maximum Gasteiger partial charge on any atom is 0.258 e. The van der Waals surface area contributed by atoms with Gasteiger partial charge < -0.3 is 15.4 Å². The van der Waals surface area contributed by atoms with Crippen LogP contribution in [0.25, 0.3) is 0 Å². The van der Waals surface area contributed by atoms with E-state index in [0.717, 1.165) is 0 Å². The van der Waals surface area contributed by atoms with Crippen molar-refractivity contribution in [1.82, 2.24) is 10.6 Å². The van der Waals surface area contributed by atoms with Crippen LogP contribution < -0.4 is 15.4 Å². The predicted molar refractivity (Wildman–Crippen MR) is 104 cm³/mol. The number of benzene rings is 2. The summed E-state index contributed by atoms with van der Waals surface area (Å²) in [5.41, 5.74) is 0.381. The molecule has 0 heterocycles. The molecule has 2 aromatic carbocycles. The van der Waals surface area contributed by atoms with E-state index >= 15 is 0 Å². The molecule has 2 N–H and O–H groups in total. The number of halogens is 4. The van der Waals surface area contributed by atoms with Gasteiger partial charge in [0.05, 0.1) is 15.1 Å². The number of ether oxygens (including phenoxy) is 1. The Kier molecular flexibility index (Phi) is 7.85. The highest BCUT2D eigenvalue weighted by molar-refractivity contribution is 6.42. The first-order valence-corrected chi connectivity index (χ1v) is 8.96. The molecule has 0 fully saturated rings. The van der Waals surface area contributed by atoms with Gasteiger partial charge in [0.15, 0.2) is 6.61 Å². The highest BCUT2D eigenvalue weighted by Crippen LogP contribution is 2.27. The van der Waals surface area contributed by atoms with Gasteiger partial charge in [-0.3, -0.25) is 9.59 Å². The topological polar surface area (TPSA) is 67.4 Å². The van der Waals surface area contributed by atoms with Crippen molar-refractivity contribution >= 4 is 58.2 Å². The van der Waals surface area contributed by atoms with Gasteiger partial charge in [0.25, 0.3) is 11.8 Å². The Morgan fingerprint density at radius 3 is 2.27 bits per heavy atom. The number of amides is 2. The van der Waals surface area contributed by atoms with Crippen molar-refractivity contribution in [1.29, 1.82) is 0 Å². The van der Waals surface area contributed by atoms with Crippen molar-refractivity contribution in [2.45, 2.75) is 0 Å². The SMILES string of the molecule is O=C(COc1ccc(Cl)cc1Cl)NCCNC(=O)c1ccc(Cl)c(Cl)c1. The molecular formula is C17H14Cl4N2O3. The fourth-order valence-electron chi connectivity index (χ4n) is 1.90. The lowest BCUT2D eigenvalue weighted by atomic mass is 10.2. The Morgan fingerprint density at radius 1 is 0.846 bits per heavy atom. The van der Waals surface area contributed by atoms with Crippen LogP contribution in [0.15, 0.2) is 36.4 Å². The van der Waals surface area contributed by atoms with Crippen LogP contribution >= 0.6 is 46.4 Å². The van der Waals surface area contributed by atoms with Crippen LogP contribution in [0.5, 0.6) is 5.75 Å². The van der Waals surface area contributed by atoms with Crippen molar-refractivity contribution in [3.63, 3.8) is 0 Å². The van der Waals surface area contributed by atoms with Gasteiger partial charge in [-0.2, -0.15) is 0 Å². The summed E-state index contributed by atoms with van der Waals surface area (Å²) in [7, 11) is 0. The van der Waals surface area contributed by atoms with E-state index in [1.165, 1.54) is 12.1 Å². The van der Waals surface area contributed by atoms with Gasteiger partial charge in [0.1, 0.15) is 5.75 Å². The van der Waals surface area contributed by atoms with Crippen molar-refractivity contribution in [3.8, 4) is 5.75 Å². The fourth-order valence-corrected chi connectivity index (χ4v) is 2.67. The van der Waals surface area contributed by atoms with E-state index in [-0.39, 0.29) is 31.5 Å².